The average molecular weight is 367 g/mol. The van der Waals surface area contributed by atoms with Gasteiger partial charge in [0.15, 0.2) is 5.65 Å². The van der Waals surface area contributed by atoms with E-state index in [9.17, 15) is 0 Å². The van der Waals surface area contributed by atoms with Crippen LogP contribution in [0, 0.1) is 0 Å². The molecule has 0 radical (unpaired) electrons. The Hall–Kier alpha value is -2.18. The van der Waals surface area contributed by atoms with E-state index in [-0.39, 0.29) is 6.17 Å². The summed E-state index contributed by atoms with van der Waals surface area (Å²) in [5, 5.41) is 0. The van der Waals surface area contributed by atoms with Gasteiger partial charge in [0.25, 0.3) is 0 Å². The van der Waals surface area contributed by atoms with Gasteiger partial charge in [-0.2, -0.15) is 0 Å². The number of unbranched alkanes of at least 4 members (excludes halogenated alkanes) is 1. The number of rotatable bonds is 8. The molecule has 1 aliphatic heterocycles. The molecule has 1 fully saturated rings. The summed E-state index contributed by atoms with van der Waals surface area (Å²) < 4.78 is 7.72. The number of aromatic nitrogens is 3. The third-order valence-electron chi connectivity index (χ3n) is 5.49. The van der Waals surface area contributed by atoms with Crippen LogP contribution in [0.15, 0.2) is 41.1 Å². The molecule has 1 aliphatic rings. The van der Waals surface area contributed by atoms with Crippen molar-refractivity contribution in [3.8, 4) is 0 Å². The third-order valence-corrected chi connectivity index (χ3v) is 5.49. The fourth-order valence-corrected chi connectivity index (χ4v) is 3.99. The van der Waals surface area contributed by atoms with E-state index >= 15 is 0 Å². The summed E-state index contributed by atoms with van der Waals surface area (Å²) in [7, 11) is 0. The van der Waals surface area contributed by atoms with Gasteiger partial charge in [0.2, 0.25) is 0 Å². The Morgan fingerprint density at radius 1 is 1.11 bits per heavy atom. The smallest absolute Gasteiger partial charge is 0.160 e. The molecular formula is C21H29N5O. The maximum atomic E-state index is 6.39. The minimum absolute atomic E-state index is 0.203. The van der Waals surface area contributed by atoms with Crippen molar-refractivity contribution in [2.45, 2.75) is 57.7 Å². The Balaban J connectivity index is 1.38. The van der Waals surface area contributed by atoms with Crippen LogP contribution < -0.4 is 5.73 Å². The number of nitrogens with zero attached hydrogens (tertiary/aromatic N) is 4. The monoisotopic (exact) mass is 367 g/mol. The average Bonchev–Trinajstić information content (AvgIpc) is 3.34. The van der Waals surface area contributed by atoms with Gasteiger partial charge < -0.3 is 14.7 Å². The first-order valence-electron chi connectivity index (χ1n) is 10.1. The zero-order valence-electron chi connectivity index (χ0n) is 15.9. The lowest BCUT2D eigenvalue weighted by atomic mass is 10.1. The minimum Gasteiger partial charge on any atom is -0.467 e. The molecule has 6 heteroatoms. The molecular weight excluding hydrogens is 338 g/mol. The van der Waals surface area contributed by atoms with Crippen molar-refractivity contribution >= 4 is 11.2 Å². The highest BCUT2D eigenvalue weighted by Gasteiger charge is 2.17. The largest absolute Gasteiger partial charge is 0.467 e. The number of piperidine rings is 1. The molecule has 4 heterocycles. The lowest BCUT2D eigenvalue weighted by molar-refractivity contribution is 0.156. The molecule has 144 valence electrons. The van der Waals surface area contributed by atoms with E-state index in [0.29, 0.717) is 6.54 Å². The van der Waals surface area contributed by atoms with Gasteiger partial charge in [0, 0.05) is 12.6 Å². The molecule has 0 spiro atoms. The second-order valence-electron chi connectivity index (χ2n) is 7.45. The van der Waals surface area contributed by atoms with Crippen molar-refractivity contribution in [2.75, 3.05) is 13.1 Å². The molecule has 0 saturated carbocycles. The van der Waals surface area contributed by atoms with Gasteiger partial charge in [-0.05, 0) is 63.0 Å². The number of nitrogens with two attached hydrogens (primary N) is 1. The van der Waals surface area contributed by atoms with E-state index in [1.165, 1.54) is 19.3 Å². The van der Waals surface area contributed by atoms with Crippen LogP contribution in [0.2, 0.25) is 0 Å². The summed E-state index contributed by atoms with van der Waals surface area (Å²) in [6.07, 6.45) is 11.9. The Bertz CT molecular complexity index is 836. The highest BCUT2D eigenvalue weighted by atomic mass is 16.3. The summed E-state index contributed by atoms with van der Waals surface area (Å²) in [6, 6.07) is 7.88. The van der Waals surface area contributed by atoms with Crippen LogP contribution in [-0.2, 0) is 13.0 Å². The van der Waals surface area contributed by atoms with E-state index in [4.69, 9.17) is 15.1 Å². The lowest BCUT2D eigenvalue weighted by Gasteiger charge is -2.32. The van der Waals surface area contributed by atoms with Gasteiger partial charge in [0.05, 0.1) is 19.0 Å². The maximum absolute atomic E-state index is 6.39. The Morgan fingerprint density at radius 3 is 2.81 bits per heavy atom. The first-order chi connectivity index (χ1) is 13.3. The summed E-state index contributed by atoms with van der Waals surface area (Å²) in [6.45, 7) is 2.99. The van der Waals surface area contributed by atoms with Crippen molar-refractivity contribution in [1.29, 1.82) is 0 Å². The fraction of sp³-hybridized carbons (Fsp3) is 0.524. The fourth-order valence-electron chi connectivity index (χ4n) is 3.99. The predicted molar refractivity (Wildman–Crippen MR) is 106 cm³/mol. The second kappa shape index (κ2) is 8.67. The van der Waals surface area contributed by atoms with E-state index < -0.39 is 0 Å². The van der Waals surface area contributed by atoms with Gasteiger partial charge in [-0.15, -0.1) is 0 Å². The molecule has 1 atom stereocenters. The van der Waals surface area contributed by atoms with Crippen molar-refractivity contribution in [3.63, 3.8) is 0 Å². The van der Waals surface area contributed by atoms with E-state index in [1.54, 1.807) is 6.26 Å². The summed E-state index contributed by atoms with van der Waals surface area (Å²) in [5.74, 6) is 2.00. The van der Waals surface area contributed by atoms with Crippen molar-refractivity contribution < 1.29 is 4.42 Å². The summed E-state index contributed by atoms with van der Waals surface area (Å²) in [4.78, 5) is 11.8. The topological polar surface area (TPSA) is 73.1 Å². The van der Waals surface area contributed by atoms with Crippen LogP contribution in [0.4, 0.5) is 0 Å². The van der Waals surface area contributed by atoms with E-state index in [0.717, 1.165) is 61.5 Å². The van der Waals surface area contributed by atoms with Crippen LogP contribution in [-0.4, -0.2) is 38.7 Å². The highest BCUT2D eigenvalue weighted by molar-refractivity contribution is 5.71. The number of fused-ring (bicyclic) bond motifs is 1. The number of pyridine rings is 1. The van der Waals surface area contributed by atoms with Gasteiger partial charge in [-0.25, -0.2) is 9.97 Å². The van der Waals surface area contributed by atoms with Gasteiger partial charge in [-0.1, -0.05) is 12.8 Å². The molecule has 0 bridgehead atoms. The van der Waals surface area contributed by atoms with Gasteiger partial charge in [0.1, 0.15) is 17.1 Å². The Kier molecular flexibility index (Phi) is 5.84. The van der Waals surface area contributed by atoms with Gasteiger partial charge >= 0.3 is 0 Å². The molecule has 27 heavy (non-hydrogen) atoms. The molecule has 6 nitrogen and oxygen atoms in total. The quantitative estimate of drug-likeness (QED) is 0.616. The predicted octanol–water partition coefficient (Wildman–Crippen LogP) is 3.56. The molecule has 0 aromatic carbocycles. The number of imidazole rings is 1. The van der Waals surface area contributed by atoms with Crippen LogP contribution in [0.25, 0.3) is 11.2 Å². The van der Waals surface area contributed by atoms with Gasteiger partial charge in [-0.3, -0.25) is 4.90 Å². The highest BCUT2D eigenvalue weighted by Crippen LogP contribution is 2.19. The van der Waals surface area contributed by atoms with E-state index in [1.807, 2.05) is 30.5 Å². The van der Waals surface area contributed by atoms with Crippen molar-refractivity contribution in [3.05, 3.63) is 48.3 Å². The standard InChI is InChI=1S/C21H29N5O/c22-19(25-13-4-1-5-14-25)10-2-3-11-20-24-18-9-6-12-23-21(18)26(20)16-17-8-7-15-27-17/h6-9,12,15,19H,1-5,10-11,13-14,16,22H2. The molecule has 4 rings (SSSR count). The summed E-state index contributed by atoms with van der Waals surface area (Å²) in [5.41, 5.74) is 8.27. The van der Waals surface area contributed by atoms with Crippen LogP contribution in [0.5, 0.6) is 0 Å². The van der Waals surface area contributed by atoms with E-state index in [2.05, 4.69) is 14.5 Å². The maximum Gasteiger partial charge on any atom is 0.160 e. The molecule has 2 N–H and O–H groups in total. The SMILES string of the molecule is NC(CCCCc1nc2cccnc2n1Cc1ccco1)N1CCCCC1. The molecule has 1 saturated heterocycles. The zero-order valence-corrected chi connectivity index (χ0v) is 15.9. The number of aryl methyl sites for hydroxylation is 1. The minimum atomic E-state index is 0.203. The number of hydrogen-bond acceptors (Lipinski definition) is 5. The van der Waals surface area contributed by atoms with Crippen LogP contribution in [0.1, 0.15) is 50.1 Å². The lowest BCUT2D eigenvalue weighted by Crippen LogP contribution is -2.44. The first-order valence-corrected chi connectivity index (χ1v) is 10.1. The Labute approximate surface area is 160 Å². The molecule has 0 amide bonds. The number of hydrogen-bond donors (Lipinski definition) is 1. The normalized spacial score (nSPS) is 16.8. The first kappa shape index (κ1) is 18.2. The van der Waals surface area contributed by atoms with Crippen LogP contribution >= 0.6 is 0 Å². The molecule has 3 aromatic rings. The van der Waals surface area contributed by atoms with Crippen molar-refractivity contribution in [2.24, 2.45) is 5.73 Å². The zero-order chi connectivity index (χ0) is 18.5. The molecule has 0 aliphatic carbocycles. The second-order valence-corrected chi connectivity index (χ2v) is 7.45. The molecule has 1 unspecified atom stereocenters. The number of furan rings is 1. The van der Waals surface area contributed by atoms with Crippen LogP contribution in [0.3, 0.4) is 0 Å². The van der Waals surface area contributed by atoms with Crippen molar-refractivity contribution in [1.82, 2.24) is 19.4 Å². The number of likely N-dealkylation sites (tertiary alicyclic amines) is 1. The third kappa shape index (κ3) is 4.39. The molecule has 3 aromatic heterocycles. The Morgan fingerprint density at radius 2 is 2.00 bits per heavy atom. The summed E-state index contributed by atoms with van der Waals surface area (Å²) >= 11 is 0.